The molecule has 0 unspecified atom stereocenters. The van der Waals surface area contributed by atoms with Crippen LogP contribution in [0, 0.1) is 23.7 Å². The quantitative estimate of drug-likeness (QED) is 0.305. The van der Waals surface area contributed by atoms with E-state index in [2.05, 4.69) is 55.4 Å². The fourth-order valence-corrected chi connectivity index (χ4v) is 4.37. The van der Waals surface area contributed by atoms with Gasteiger partial charge in [-0.15, -0.1) is 0 Å². The highest BCUT2D eigenvalue weighted by atomic mass is 16.3. The summed E-state index contributed by atoms with van der Waals surface area (Å²) in [6.45, 7) is 17.1. The predicted octanol–water partition coefficient (Wildman–Crippen LogP) is 6.97. The molecule has 0 aromatic heterocycles. The maximum Gasteiger partial charge on any atom is 0.0693 e. The summed E-state index contributed by atoms with van der Waals surface area (Å²) < 4.78 is 0. The predicted molar refractivity (Wildman–Crippen MR) is 115 cm³/mol. The van der Waals surface area contributed by atoms with Crippen LogP contribution in [-0.4, -0.2) is 21.4 Å². The lowest BCUT2D eigenvalue weighted by molar-refractivity contribution is -0.0558. The van der Waals surface area contributed by atoms with Crippen molar-refractivity contribution in [1.29, 1.82) is 0 Å². The van der Waals surface area contributed by atoms with E-state index in [4.69, 9.17) is 0 Å². The van der Waals surface area contributed by atoms with Gasteiger partial charge in [-0.2, -0.15) is 0 Å². The molecule has 0 atom stereocenters. The van der Waals surface area contributed by atoms with E-state index in [9.17, 15) is 10.2 Å². The van der Waals surface area contributed by atoms with Gasteiger partial charge in [-0.3, -0.25) is 0 Å². The van der Waals surface area contributed by atoms with Crippen molar-refractivity contribution < 1.29 is 10.2 Å². The fraction of sp³-hybridized carbons (Fsp3) is 1.00. The van der Waals surface area contributed by atoms with E-state index in [0.29, 0.717) is 23.7 Å². The molecule has 2 N–H and O–H groups in total. The van der Waals surface area contributed by atoms with Gasteiger partial charge in [0.1, 0.15) is 0 Å². The summed E-state index contributed by atoms with van der Waals surface area (Å²) in [6, 6.07) is 0. The molecule has 26 heavy (non-hydrogen) atoms. The first-order valence-electron chi connectivity index (χ1n) is 11.4. The summed E-state index contributed by atoms with van der Waals surface area (Å²) in [7, 11) is 0. The molecule has 158 valence electrons. The van der Waals surface area contributed by atoms with Crippen LogP contribution in [0.2, 0.25) is 0 Å². The second kappa shape index (κ2) is 12.4. The highest BCUT2D eigenvalue weighted by Gasteiger charge is 2.34. The van der Waals surface area contributed by atoms with Gasteiger partial charge in [-0.1, -0.05) is 107 Å². The summed E-state index contributed by atoms with van der Waals surface area (Å²) >= 11 is 0. The normalized spacial score (nSPS) is 13.6. The van der Waals surface area contributed by atoms with E-state index in [0.717, 1.165) is 25.7 Å². The molecule has 0 saturated carbocycles. The average molecular weight is 371 g/mol. The fourth-order valence-electron chi connectivity index (χ4n) is 4.37. The Hall–Kier alpha value is -0.0800. The van der Waals surface area contributed by atoms with Crippen molar-refractivity contribution >= 4 is 0 Å². The molecule has 0 heterocycles. The zero-order chi connectivity index (χ0) is 20.4. The lowest BCUT2D eigenvalue weighted by Crippen LogP contribution is -2.40. The standard InChI is InChI=1S/C24H50O2/c1-19(2)23(25,20(3)4)17-15-13-11-9-10-12-14-16-18-24(26,21(5)6)22(7)8/h19-22,25-26H,9-18H2,1-8H3. The van der Waals surface area contributed by atoms with Crippen LogP contribution in [0.15, 0.2) is 0 Å². The van der Waals surface area contributed by atoms with E-state index in [1.165, 1.54) is 38.5 Å². The van der Waals surface area contributed by atoms with E-state index >= 15 is 0 Å². The Kier molecular flexibility index (Phi) is 12.4. The smallest absolute Gasteiger partial charge is 0.0693 e. The molecular weight excluding hydrogens is 320 g/mol. The van der Waals surface area contributed by atoms with Crippen molar-refractivity contribution in [3.05, 3.63) is 0 Å². The third-order valence-corrected chi connectivity index (χ3v) is 6.90. The van der Waals surface area contributed by atoms with Crippen LogP contribution in [0.4, 0.5) is 0 Å². The van der Waals surface area contributed by atoms with Crippen molar-refractivity contribution in [2.75, 3.05) is 0 Å². The molecule has 0 saturated heterocycles. The lowest BCUT2D eigenvalue weighted by Gasteiger charge is -2.36. The van der Waals surface area contributed by atoms with E-state index in [1.807, 2.05) is 0 Å². The summed E-state index contributed by atoms with van der Waals surface area (Å²) in [4.78, 5) is 0. The van der Waals surface area contributed by atoms with Gasteiger partial charge in [-0.25, -0.2) is 0 Å². The van der Waals surface area contributed by atoms with Crippen molar-refractivity contribution in [1.82, 2.24) is 0 Å². The average Bonchev–Trinajstić information content (AvgIpc) is 2.55. The van der Waals surface area contributed by atoms with Crippen molar-refractivity contribution in [2.45, 2.75) is 131 Å². The Labute approximate surface area is 165 Å². The molecule has 0 aliphatic rings. The minimum atomic E-state index is -0.496. The molecule has 0 rings (SSSR count). The molecular formula is C24H50O2. The zero-order valence-electron chi connectivity index (χ0n) is 19.3. The molecule has 0 spiro atoms. The number of aliphatic hydroxyl groups is 2. The van der Waals surface area contributed by atoms with Crippen LogP contribution >= 0.6 is 0 Å². The van der Waals surface area contributed by atoms with Crippen molar-refractivity contribution in [3.63, 3.8) is 0 Å². The summed E-state index contributed by atoms with van der Waals surface area (Å²) in [5.41, 5.74) is -0.993. The van der Waals surface area contributed by atoms with Crippen LogP contribution in [-0.2, 0) is 0 Å². The maximum atomic E-state index is 10.8. The van der Waals surface area contributed by atoms with Crippen molar-refractivity contribution in [3.8, 4) is 0 Å². The highest BCUT2D eigenvalue weighted by molar-refractivity contribution is 4.85. The topological polar surface area (TPSA) is 40.5 Å². The maximum absolute atomic E-state index is 10.8. The lowest BCUT2D eigenvalue weighted by atomic mass is 9.76. The number of rotatable bonds is 15. The van der Waals surface area contributed by atoms with E-state index in [-0.39, 0.29) is 0 Å². The third-order valence-electron chi connectivity index (χ3n) is 6.90. The molecule has 2 nitrogen and oxygen atoms in total. The first-order valence-corrected chi connectivity index (χ1v) is 11.4. The van der Waals surface area contributed by atoms with Gasteiger partial charge in [0.25, 0.3) is 0 Å². The minimum Gasteiger partial charge on any atom is -0.389 e. The summed E-state index contributed by atoms with van der Waals surface area (Å²) in [5, 5.41) is 21.6. The summed E-state index contributed by atoms with van der Waals surface area (Å²) in [6.07, 6.45) is 11.8. The second-order valence-corrected chi connectivity index (χ2v) is 9.93. The summed E-state index contributed by atoms with van der Waals surface area (Å²) in [5.74, 6) is 1.33. The van der Waals surface area contributed by atoms with Crippen molar-refractivity contribution in [2.24, 2.45) is 23.7 Å². The van der Waals surface area contributed by atoms with Gasteiger partial charge < -0.3 is 10.2 Å². The largest absolute Gasteiger partial charge is 0.389 e. The molecule has 0 aliphatic heterocycles. The van der Waals surface area contributed by atoms with Gasteiger partial charge in [-0.05, 0) is 36.5 Å². The van der Waals surface area contributed by atoms with E-state index < -0.39 is 11.2 Å². The Morgan fingerprint density at radius 2 is 0.615 bits per heavy atom. The molecule has 0 aliphatic carbocycles. The number of unbranched alkanes of at least 4 members (excludes halogenated alkanes) is 7. The van der Waals surface area contributed by atoms with Gasteiger partial charge >= 0.3 is 0 Å². The number of hydrogen-bond donors (Lipinski definition) is 2. The van der Waals surface area contributed by atoms with Gasteiger partial charge in [0.15, 0.2) is 0 Å². The molecule has 2 heteroatoms. The molecule has 0 amide bonds. The minimum absolute atomic E-state index is 0.331. The molecule has 0 fully saturated rings. The second-order valence-electron chi connectivity index (χ2n) is 9.93. The van der Waals surface area contributed by atoms with Crippen LogP contribution in [0.5, 0.6) is 0 Å². The van der Waals surface area contributed by atoms with Gasteiger partial charge in [0.2, 0.25) is 0 Å². The van der Waals surface area contributed by atoms with Crippen LogP contribution < -0.4 is 0 Å². The van der Waals surface area contributed by atoms with E-state index in [1.54, 1.807) is 0 Å². The van der Waals surface area contributed by atoms with Gasteiger partial charge in [0.05, 0.1) is 11.2 Å². The SMILES string of the molecule is CC(C)C(O)(CCCCCCCCCCC(O)(C(C)C)C(C)C)C(C)C. The zero-order valence-corrected chi connectivity index (χ0v) is 19.3. The van der Waals surface area contributed by atoms with Crippen LogP contribution in [0.25, 0.3) is 0 Å². The Bertz CT molecular complexity index is 294. The van der Waals surface area contributed by atoms with Crippen LogP contribution in [0.1, 0.15) is 120 Å². The molecule has 0 radical (unpaired) electrons. The Balaban J connectivity index is 3.78. The molecule has 0 bridgehead atoms. The Morgan fingerprint density at radius 1 is 0.423 bits per heavy atom. The first kappa shape index (κ1) is 25.9. The Morgan fingerprint density at radius 3 is 0.808 bits per heavy atom. The highest BCUT2D eigenvalue weighted by Crippen LogP contribution is 2.32. The number of hydrogen-bond acceptors (Lipinski definition) is 2. The van der Waals surface area contributed by atoms with Crippen LogP contribution in [0.3, 0.4) is 0 Å². The monoisotopic (exact) mass is 370 g/mol. The first-order chi connectivity index (χ1) is 12.0. The molecule has 0 aromatic carbocycles. The third kappa shape index (κ3) is 8.30. The molecule has 0 aromatic rings. The van der Waals surface area contributed by atoms with Gasteiger partial charge in [0, 0.05) is 0 Å².